The largest absolute Gasteiger partial charge is 0.497 e. The van der Waals surface area contributed by atoms with E-state index in [-0.39, 0.29) is 24.5 Å². The average Bonchev–Trinajstić information content (AvgIpc) is 3.17. The Kier molecular flexibility index (Phi) is 6.63. The van der Waals surface area contributed by atoms with E-state index in [0.29, 0.717) is 12.2 Å². The molecule has 1 aromatic heterocycles. The van der Waals surface area contributed by atoms with E-state index in [0.717, 1.165) is 17.0 Å². The van der Waals surface area contributed by atoms with Crippen LogP contribution in [0.5, 0.6) is 5.75 Å². The molecule has 0 bridgehead atoms. The summed E-state index contributed by atoms with van der Waals surface area (Å²) in [6.45, 7) is 1.97. The Labute approximate surface area is 169 Å². The van der Waals surface area contributed by atoms with Gasteiger partial charge < -0.3 is 14.8 Å². The molecule has 1 N–H and O–H groups in total. The first kappa shape index (κ1) is 20.1. The highest BCUT2D eigenvalue weighted by Crippen LogP contribution is 2.22. The summed E-state index contributed by atoms with van der Waals surface area (Å²) in [5.74, 6) is 0.322. The lowest BCUT2D eigenvalue weighted by atomic mass is 10.1. The lowest BCUT2D eigenvalue weighted by Crippen LogP contribution is -2.18. The third-order valence-electron chi connectivity index (χ3n) is 4.32. The van der Waals surface area contributed by atoms with Crippen molar-refractivity contribution in [2.75, 3.05) is 19.0 Å². The van der Waals surface area contributed by atoms with E-state index in [4.69, 9.17) is 9.47 Å². The third kappa shape index (κ3) is 5.01. The fourth-order valence-electron chi connectivity index (χ4n) is 2.84. The summed E-state index contributed by atoms with van der Waals surface area (Å²) in [5, 5.41) is 7.09. The average molecular weight is 393 g/mol. The molecule has 29 heavy (non-hydrogen) atoms. The molecule has 0 atom stereocenters. The van der Waals surface area contributed by atoms with Crippen molar-refractivity contribution in [1.82, 2.24) is 9.78 Å². The van der Waals surface area contributed by atoms with Crippen molar-refractivity contribution in [1.29, 1.82) is 0 Å². The number of esters is 1. The number of aryl methyl sites for hydroxylation is 1. The number of carbonyl (C=O) groups is 2. The molecule has 0 aliphatic rings. The number of ether oxygens (including phenoxy) is 2. The van der Waals surface area contributed by atoms with Crippen molar-refractivity contribution < 1.29 is 19.1 Å². The van der Waals surface area contributed by atoms with Gasteiger partial charge in [-0.1, -0.05) is 30.3 Å². The van der Waals surface area contributed by atoms with Gasteiger partial charge in [-0.15, -0.1) is 0 Å². The van der Waals surface area contributed by atoms with E-state index >= 15 is 0 Å². The van der Waals surface area contributed by atoms with Crippen LogP contribution in [0.1, 0.15) is 29.3 Å². The highest BCUT2D eigenvalue weighted by Gasteiger charge is 2.21. The van der Waals surface area contributed by atoms with Crippen LogP contribution in [-0.2, 0) is 16.0 Å². The Hall–Kier alpha value is -3.61. The Bertz CT molecular complexity index is 965. The van der Waals surface area contributed by atoms with Crippen LogP contribution in [-0.4, -0.2) is 35.4 Å². The van der Waals surface area contributed by atoms with E-state index in [9.17, 15) is 9.59 Å². The van der Waals surface area contributed by atoms with Gasteiger partial charge in [-0.05, 0) is 43.2 Å². The summed E-state index contributed by atoms with van der Waals surface area (Å²) in [7, 11) is 1.61. The first-order valence-electron chi connectivity index (χ1n) is 9.35. The molecule has 0 saturated carbocycles. The monoisotopic (exact) mass is 393 g/mol. The number of para-hydroxylation sites is 1. The minimum absolute atomic E-state index is 0.216. The molecular weight excluding hydrogens is 370 g/mol. The summed E-state index contributed by atoms with van der Waals surface area (Å²) >= 11 is 0. The summed E-state index contributed by atoms with van der Waals surface area (Å²) < 4.78 is 11.8. The Morgan fingerprint density at radius 3 is 2.45 bits per heavy atom. The number of anilines is 1. The number of benzene rings is 2. The van der Waals surface area contributed by atoms with Crippen molar-refractivity contribution >= 4 is 17.7 Å². The number of carbonyl (C=O) groups excluding carboxylic acids is 2. The van der Waals surface area contributed by atoms with Gasteiger partial charge in [0.1, 0.15) is 11.3 Å². The van der Waals surface area contributed by atoms with Crippen LogP contribution in [0.2, 0.25) is 0 Å². The normalized spacial score (nSPS) is 10.4. The van der Waals surface area contributed by atoms with Crippen LogP contribution in [0, 0.1) is 0 Å². The highest BCUT2D eigenvalue weighted by atomic mass is 16.5. The van der Waals surface area contributed by atoms with E-state index in [2.05, 4.69) is 10.4 Å². The summed E-state index contributed by atoms with van der Waals surface area (Å²) in [6.07, 6.45) is 2.22. The molecule has 0 radical (unpaired) electrons. The topological polar surface area (TPSA) is 82.5 Å². The zero-order valence-electron chi connectivity index (χ0n) is 16.4. The van der Waals surface area contributed by atoms with Gasteiger partial charge in [-0.3, -0.25) is 4.79 Å². The zero-order chi connectivity index (χ0) is 20.6. The van der Waals surface area contributed by atoms with Crippen molar-refractivity contribution in [2.45, 2.75) is 19.8 Å². The van der Waals surface area contributed by atoms with Crippen LogP contribution in [0.25, 0.3) is 5.69 Å². The number of hydrogen-bond donors (Lipinski definition) is 1. The fraction of sp³-hybridized carbons (Fsp3) is 0.227. The Morgan fingerprint density at radius 1 is 1.07 bits per heavy atom. The van der Waals surface area contributed by atoms with E-state index in [1.54, 1.807) is 14.0 Å². The predicted molar refractivity (Wildman–Crippen MR) is 109 cm³/mol. The van der Waals surface area contributed by atoms with Gasteiger partial charge >= 0.3 is 5.97 Å². The second kappa shape index (κ2) is 9.54. The van der Waals surface area contributed by atoms with Gasteiger partial charge in [0, 0.05) is 6.42 Å². The molecule has 7 heteroatoms. The Morgan fingerprint density at radius 2 is 1.79 bits per heavy atom. The third-order valence-corrected chi connectivity index (χ3v) is 4.32. The Balaban J connectivity index is 1.77. The number of methoxy groups -OCH3 is 1. The van der Waals surface area contributed by atoms with Gasteiger partial charge in [0.25, 0.3) is 0 Å². The van der Waals surface area contributed by atoms with Gasteiger partial charge in [0.15, 0.2) is 5.82 Å². The van der Waals surface area contributed by atoms with Gasteiger partial charge in [0.2, 0.25) is 5.91 Å². The SMILES string of the molecule is CCOC(=O)c1cnn(-c2ccccc2)c1NC(=O)CCc1ccc(OC)cc1. The van der Waals surface area contributed by atoms with Crippen LogP contribution in [0.3, 0.4) is 0 Å². The molecule has 2 aromatic carbocycles. The summed E-state index contributed by atoms with van der Waals surface area (Å²) in [5.41, 5.74) is 1.96. The number of rotatable bonds is 8. The number of hydrogen-bond acceptors (Lipinski definition) is 5. The predicted octanol–water partition coefficient (Wildman–Crippen LogP) is 3.63. The molecule has 150 valence electrons. The summed E-state index contributed by atoms with van der Waals surface area (Å²) in [4.78, 5) is 24.9. The molecule has 3 rings (SSSR count). The molecule has 3 aromatic rings. The van der Waals surface area contributed by atoms with Gasteiger partial charge in [0.05, 0.1) is 25.6 Å². The number of amides is 1. The molecule has 1 amide bonds. The lowest BCUT2D eigenvalue weighted by Gasteiger charge is -2.11. The molecule has 1 heterocycles. The molecule has 7 nitrogen and oxygen atoms in total. The molecule has 0 aliphatic heterocycles. The van der Waals surface area contributed by atoms with E-state index in [1.165, 1.54) is 10.9 Å². The second-order valence-corrected chi connectivity index (χ2v) is 6.27. The van der Waals surface area contributed by atoms with Crippen LogP contribution in [0.15, 0.2) is 60.8 Å². The first-order chi connectivity index (χ1) is 14.1. The maximum atomic E-state index is 12.6. The standard InChI is InChI=1S/C22H23N3O4/c1-3-29-22(27)19-15-23-25(17-7-5-4-6-8-17)21(19)24-20(26)14-11-16-9-12-18(28-2)13-10-16/h4-10,12-13,15H,3,11,14H2,1-2H3,(H,24,26). The first-order valence-corrected chi connectivity index (χ1v) is 9.35. The summed E-state index contributed by atoms with van der Waals surface area (Å²) in [6, 6.07) is 16.8. The number of nitrogens with one attached hydrogen (secondary N) is 1. The number of aromatic nitrogens is 2. The fourth-order valence-corrected chi connectivity index (χ4v) is 2.84. The van der Waals surface area contributed by atoms with Crippen LogP contribution in [0.4, 0.5) is 5.82 Å². The smallest absolute Gasteiger partial charge is 0.343 e. The van der Waals surface area contributed by atoms with Crippen LogP contribution >= 0.6 is 0 Å². The maximum Gasteiger partial charge on any atom is 0.343 e. The zero-order valence-corrected chi connectivity index (χ0v) is 16.4. The minimum Gasteiger partial charge on any atom is -0.497 e. The van der Waals surface area contributed by atoms with Gasteiger partial charge in [-0.25, -0.2) is 9.48 Å². The molecule has 0 aliphatic carbocycles. The van der Waals surface area contributed by atoms with Crippen molar-refractivity contribution in [3.05, 3.63) is 71.9 Å². The highest BCUT2D eigenvalue weighted by molar-refractivity contribution is 6.00. The van der Waals surface area contributed by atoms with Crippen molar-refractivity contribution in [3.8, 4) is 11.4 Å². The molecule has 0 saturated heterocycles. The molecule has 0 unspecified atom stereocenters. The maximum absolute atomic E-state index is 12.6. The number of nitrogens with zero attached hydrogens (tertiary/aromatic N) is 2. The van der Waals surface area contributed by atoms with E-state index < -0.39 is 5.97 Å². The quantitative estimate of drug-likeness (QED) is 0.591. The molecule has 0 fully saturated rings. The van der Waals surface area contributed by atoms with Crippen molar-refractivity contribution in [2.24, 2.45) is 0 Å². The van der Waals surface area contributed by atoms with Crippen molar-refractivity contribution in [3.63, 3.8) is 0 Å². The van der Waals surface area contributed by atoms with E-state index in [1.807, 2.05) is 54.6 Å². The second-order valence-electron chi connectivity index (χ2n) is 6.27. The molecule has 0 spiro atoms. The lowest BCUT2D eigenvalue weighted by molar-refractivity contribution is -0.116. The van der Waals surface area contributed by atoms with Gasteiger partial charge in [-0.2, -0.15) is 5.10 Å². The minimum atomic E-state index is -0.528. The molecular formula is C22H23N3O4. The van der Waals surface area contributed by atoms with Crippen LogP contribution < -0.4 is 10.1 Å².